The summed E-state index contributed by atoms with van der Waals surface area (Å²) in [6, 6.07) is 5.50. The fourth-order valence-corrected chi connectivity index (χ4v) is 2.22. The van der Waals surface area contributed by atoms with Gasteiger partial charge in [-0.2, -0.15) is 0 Å². The van der Waals surface area contributed by atoms with Crippen molar-refractivity contribution in [2.75, 3.05) is 19.4 Å². The summed E-state index contributed by atoms with van der Waals surface area (Å²) in [6.07, 6.45) is 1.92. The quantitative estimate of drug-likeness (QED) is 0.659. The molecule has 0 atom stereocenters. The van der Waals surface area contributed by atoms with E-state index < -0.39 is 18.3 Å². The molecule has 0 saturated carbocycles. The Morgan fingerprint density at radius 3 is 2.32 bits per heavy atom. The zero-order chi connectivity index (χ0) is 16.5. The van der Waals surface area contributed by atoms with Crippen LogP contribution in [0.1, 0.15) is 33.3 Å². The molecule has 2 rings (SSSR count). The van der Waals surface area contributed by atoms with Crippen LogP contribution in [0.15, 0.2) is 23.7 Å². The predicted octanol–water partition coefficient (Wildman–Crippen LogP) is 2.25. The fraction of sp³-hybridized carbons (Fsp3) is 0.500. The van der Waals surface area contributed by atoms with Crippen LogP contribution in [-0.2, 0) is 9.31 Å². The van der Waals surface area contributed by atoms with Crippen molar-refractivity contribution in [2.24, 2.45) is 5.73 Å². The molecule has 0 spiro atoms. The maximum Gasteiger partial charge on any atom is 0.491 e. The Labute approximate surface area is 132 Å². The highest BCUT2D eigenvalue weighted by atomic mass is 16.7. The van der Waals surface area contributed by atoms with Crippen molar-refractivity contribution < 1.29 is 14.0 Å². The van der Waals surface area contributed by atoms with E-state index >= 15 is 0 Å². The number of rotatable bonds is 4. The van der Waals surface area contributed by atoms with Crippen molar-refractivity contribution in [3.63, 3.8) is 0 Å². The fourth-order valence-electron chi connectivity index (χ4n) is 2.22. The highest BCUT2D eigenvalue weighted by Gasteiger charge is 2.52. The molecule has 1 saturated heterocycles. The van der Waals surface area contributed by atoms with Gasteiger partial charge in [-0.25, -0.2) is 0 Å². The van der Waals surface area contributed by atoms with Gasteiger partial charge in [-0.15, -0.1) is 0 Å². The Morgan fingerprint density at radius 1 is 1.23 bits per heavy atom. The van der Waals surface area contributed by atoms with E-state index in [1.807, 2.05) is 52.0 Å². The van der Waals surface area contributed by atoms with Crippen molar-refractivity contribution in [1.82, 2.24) is 0 Å². The highest BCUT2D eigenvalue weighted by Crippen LogP contribution is 2.38. The third kappa shape index (κ3) is 3.14. The van der Waals surface area contributed by atoms with E-state index in [9.17, 15) is 0 Å². The maximum absolute atomic E-state index is 6.04. The van der Waals surface area contributed by atoms with Gasteiger partial charge in [0, 0.05) is 17.8 Å². The summed E-state index contributed by atoms with van der Waals surface area (Å²) < 4.78 is 17.3. The van der Waals surface area contributed by atoms with Gasteiger partial charge < -0.3 is 25.5 Å². The molecule has 0 aromatic heterocycles. The first kappa shape index (κ1) is 16.9. The molecule has 22 heavy (non-hydrogen) atoms. The molecule has 1 aromatic rings. The zero-order valence-corrected chi connectivity index (χ0v) is 14.0. The third-order valence-corrected chi connectivity index (χ3v) is 4.43. The average Bonchev–Trinajstić information content (AvgIpc) is 2.66. The van der Waals surface area contributed by atoms with E-state index in [0.29, 0.717) is 12.2 Å². The monoisotopic (exact) mass is 304 g/mol. The van der Waals surface area contributed by atoms with Crippen LogP contribution in [0.4, 0.5) is 5.69 Å². The molecule has 120 valence electrons. The van der Waals surface area contributed by atoms with Gasteiger partial charge in [0.15, 0.2) is 0 Å². The minimum Gasteiger partial charge on any atom is -0.497 e. The summed E-state index contributed by atoms with van der Waals surface area (Å²) in [7, 11) is 1.15. The molecule has 6 heteroatoms. The first-order valence-corrected chi connectivity index (χ1v) is 7.40. The number of hydrogen-bond acceptors (Lipinski definition) is 5. The van der Waals surface area contributed by atoms with Crippen LogP contribution in [0.2, 0.25) is 0 Å². The molecule has 0 aliphatic carbocycles. The average molecular weight is 304 g/mol. The molecule has 4 N–H and O–H groups in total. The normalized spacial score (nSPS) is 20.3. The first-order chi connectivity index (χ1) is 10.2. The van der Waals surface area contributed by atoms with Crippen molar-refractivity contribution >= 4 is 18.9 Å². The van der Waals surface area contributed by atoms with Crippen LogP contribution in [0.25, 0.3) is 6.08 Å². The largest absolute Gasteiger partial charge is 0.497 e. The lowest BCUT2D eigenvalue weighted by atomic mass is 9.77. The number of hydrogen-bond donors (Lipinski definition) is 2. The molecule has 1 aliphatic rings. The summed E-state index contributed by atoms with van der Waals surface area (Å²) >= 11 is 0. The Kier molecular flexibility index (Phi) is 4.56. The maximum atomic E-state index is 6.04. The van der Waals surface area contributed by atoms with E-state index in [4.69, 9.17) is 25.5 Å². The van der Waals surface area contributed by atoms with E-state index in [2.05, 4.69) is 0 Å². The lowest BCUT2D eigenvalue weighted by molar-refractivity contribution is 0.00578. The Balaban J connectivity index is 2.33. The van der Waals surface area contributed by atoms with Crippen molar-refractivity contribution in [1.29, 1.82) is 0 Å². The molecular formula is C16H25BN2O3. The SMILES string of the molecule is COc1ccc(N)c(C=C(CN)B2OC(C)(C)C(C)(C)O2)c1. The van der Waals surface area contributed by atoms with Crippen LogP contribution in [0, 0.1) is 0 Å². The highest BCUT2D eigenvalue weighted by molar-refractivity contribution is 6.56. The van der Waals surface area contributed by atoms with E-state index in [1.54, 1.807) is 7.11 Å². The van der Waals surface area contributed by atoms with Gasteiger partial charge in [-0.1, -0.05) is 6.08 Å². The predicted molar refractivity (Wildman–Crippen MR) is 90.5 cm³/mol. The van der Waals surface area contributed by atoms with Crippen LogP contribution in [0.5, 0.6) is 5.75 Å². The summed E-state index contributed by atoms with van der Waals surface area (Å²) in [4.78, 5) is 0. The summed E-state index contributed by atoms with van der Waals surface area (Å²) in [5.41, 5.74) is 13.5. The first-order valence-electron chi connectivity index (χ1n) is 7.40. The molecule has 0 bridgehead atoms. The van der Waals surface area contributed by atoms with Crippen LogP contribution in [0.3, 0.4) is 0 Å². The van der Waals surface area contributed by atoms with Crippen LogP contribution in [-0.4, -0.2) is 32.0 Å². The number of ether oxygens (including phenoxy) is 1. The molecular weight excluding hydrogens is 279 g/mol. The van der Waals surface area contributed by atoms with Crippen molar-refractivity contribution in [3.05, 3.63) is 29.2 Å². The molecule has 5 nitrogen and oxygen atoms in total. The second-order valence-electron chi connectivity index (χ2n) is 6.51. The van der Waals surface area contributed by atoms with Gasteiger partial charge in [0.25, 0.3) is 0 Å². The Bertz CT molecular complexity index is 569. The molecule has 1 aromatic carbocycles. The van der Waals surface area contributed by atoms with Gasteiger partial charge in [-0.3, -0.25) is 0 Å². The third-order valence-electron chi connectivity index (χ3n) is 4.43. The van der Waals surface area contributed by atoms with Crippen LogP contribution < -0.4 is 16.2 Å². The van der Waals surface area contributed by atoms with Gasteiger partial charge in [0.1, 0.15) is 5.75 Å². The summed E-state index contributed by atoms with van der Waals surface area (Å²) in [5, 5.41) is 0. The number of anilines is 1. The van der Waals surface area contributed by atoms with Gasteiger partial charge in [0.05, 0.1) is 18.3 Å². The van der Waals surface area contributed by atoms with Gasteiger partial charge in [-0.05, 0) is 51.4 Å². The van der Waals surface area contributed by atoms with E-state index in [1.165, 1.54) is 0 Å². The molecule has 1 aliphatic heterocycles. The second kappa shape index (κ2) is 5.95. The number of nitrogen functional groups attached to an aromatic ring is 1. The number of nitrogens with two attached hydrogens (primary N) is 2. The van der Waals surface area contributed by atoms with E-state index in [0.717, 1.165) is 16.8 Å². The lowest BCUT2D eigenvalue weighted by Gasteiger charge is -2.32. The lowest BCUT2D eigenvalue weighted by Crippen LogP contribution is -2.41. The minimum atomic E-state index is -0.472. The zero-order valence-electron chi connectivity index (χ0n) is 14.0. The standard InChI is InChI=1S/C16H25BN2O3/c1-15(2)16(3,4)22-17(21-15)12(10-18)8-11-9-13(20-5)6-7-14(11)19/h6-9H,10,18-19H2,1-5H3. The van der Waals surface area contributed by atoms with Crippen molar-refractivity contribution in [2.45, 2.75) is 38.9 Å². The Hall–Kier alpha value is -1.50. The van der Waals surface area contributed by atoms with E-state index in [-0.39, 0.29) is 0 Å². The second-order valence-corrected chi connectivity index (χ2v) is 6.51. The molecule has 0 amide bonds. The minimum absolute atomic E-state index is 0.327. The topological polar surface area (TPSA) is 79.7 Å². The van der Waals surface area contributed by atoms with Crippen LogP contribution >= 0.6 is 0 Å². The number of benzene rings is 1. The van der Waals surface area contributed by atoms with Gasteiger partial charge >= 0.3 is 7.12 Å². The Morgan fingerprint density at radius 2 is 1.82 bits per heavy atom. The summed E-state index contributed by atoms with van der Waals surface area (Å²) in [5.74, 6) is 0.741. The molecule has 1 fully saturated rings. The van der Waals surface area contributed by atoms with Gasteiger partial charge in [0.2, 0.25) is 0 Å². The molecule has 0 radical (unpaired) electrons. The smallest absolute Gasteiger partial charge is 0.491 e. The number of methoxy groups -OCH3 is 1. The molecule has 1 heterocycles. The van der Waals surface area contributed by atoms with Crippen molar-refractivity contribution in [3.8, 4) is 5.75 Å². The molecule has 0 unspecified atom stereocenters. The summed E-state index contributed by atoms with van der Waals surface area (Å²) in [6.45, 7) is 8.39.